The Balaban J connectivity index is 0.00000162. The van der Waals surface area contributed by atoms with Crippen molar-refractivity contribution in [1.82, 2.24) is 19.5 Å². The zero-order valence-corrected chi connectivity index (χ0v) is 13.3. The van der Waals surface area contributed by atoms with Gasteiger partial charge in [-0.2, -0.15) is 4.98 Å². The fourth-order valence-corrected chi connectivity index (χ4v) is 1.59. The van der Waals surface area contributed by atoms with Crippen LogP contribution in [0.1, 0.15) is 0 Å². The Morgan fingerprint density at radius 1 is 1.33 bits per heavy atom. The van der Waals surface area contributed by atoms with Crippen LogP contribution in [0.5, 0.6) is 0 Å². The molecule has 2 heterocycles. The molecule has 7 heteroatoms. The minimum absolute atomic E-state index is 0. The molecule has 2 rings (SSSR count). The van der Waals surface area contributed by atoms with Crippen LogP contribution in [0.3, 0.4) is 0 Å². The summed E-state index contributed by atoms with van der Waals surface area (Å²) in [6, 6.07) is 0. The SMILES string of the molecule is Cn1c(NCC[N+](C)(C)C)nc2ncncc21.[I-]. The number of aromatic nitrogens is 4. The van der Waals surface area contributed by atoms with E-state index in [1.165, 1.54) is 6.33 Å². The molecule has 0 bridgehead atoms. The van der Waals surface area contributed by atoms with Gasteiger partial charge in [0.15, 0.2) is 5.65 Å². The number of nitrogens with zero attached hydrogens (tertiary/aromatic N) is 5. The van der Waals surface area contributed by atoms with Crippen molar-refractivity contribution < 1.29 is 28.5 Å². The first-order chi connectivity index (χ1) is 7.97. The van der Waals surface area contributed by atoms with Gasteiger partial charge in [-0.05, 0) is 0 Å². The second-order valence-corrected chi connectivity index (χ2v) is 5.17. The van der Waals surface area contributed by atoms with Crippen molar-refractivity contribution in [3.63, 3.8) is 0 Å². The fraction of sp³-hybridized carbons (Fsp3) is 0.545. The van der Waals surface area contributed by atoms with Crippen LogP contribution >= 0.6 is 0 Å². The van der Waals surface area contributed by atoms with Crippen LogP contribution in [0, 0.1) is 0 Å². The quantitative estimate of drug-likeness (QED) is 0.482. The zero-order valence-electron chi connectivity index (χ0n) is 11.2. The number of anilines is 1. The highest BCUT2D eigenvalue weighted by molar-refractivity contribution is 5.73. The predicted octanol–water partition coefficient (Wildman–Crippen LogP) is -2.51. The summed E-state index contributed by atoms with van der Waals surface area (Å²) in [6.07, 6.45) is 3.30. The zero-order chi connectivity index (χ0) is 12.5. The lowest BCUT2D eigenvalue weighted by Crippen LogP contribution is -3.00. The summed E-state index contributed by atoms with van der Waals surface area (Å²) in [5.41, 5.74) is 1.68. The van der Waals surface area contributed by atoms with E-state index < -0.39 is 0 Å². The molecule has 0 atom stereocenters. The van der Waals surface area contributed by atoms with Crippen molar-refractivity contribution in [2.24, 2.45) is 7.05 Å². The molecule has 6 nitrogen and oxygen atoms in total. The van der Waals surface area contributed by atoms with Crippen LogP contribution in [0.25, 0.3) is 11.2 Å². The van der Waals surface area contributed by atoms with Gasteiger partial charge in [-0.1, -0.05) is 0 Å². The van der Waals surface area contributed by atoms with Crippen molar-refractivity contribution in [3.8, 4) is 0 Å². The lowest BCUT2D eigenvalue weighted by Gasteiger charge is -2.23. The largest absolute Gasteiger partial charge is 1.00 e. The van der Waals surface area contributed by atoms with Gasteiger partial charge in [0, 0.05) is 7.05 Å². The lowest BCUT2D eigenvalue weighted by molar-refractivity contribution is -0.868. The van der Waals surface area contributed by atoms with Crippen molar-refractivity contribution in [2.75, 3.05) is 39.5 Å². The Bertz CT molecular complexity index is 516. The van der Waals surface area contributed by atoms with Crippen LogP contribution in [-0.4, -0.2) is 58.2 Å². The molecule has 0 saturated carbocycles. The number of fused-ring (bicyclic) bond motifs is 1. The number of likely N-dealkylation sites (N-methyl/N-ethyl adjacent to an activating group) is 1. The minimum atomic E-state index is 0. The molecule has 0 spiro atoms. The highest BCUT2D eigenvalue weighted by atomic mass is 127. The third-order valence-corrected chi connectivity index (χ3v) is 2.63. The normalized spacial score (nSPS) is 11.3. The first-order valence-electron chi connectivity index (χ1n) is 5.64. The average Bonchev–Trinajstić information content (AvgIpc) is 2.55. The molecule has 0 aromatic carbocycles. The molecule has 0 unspecified atom stereocenters. The first-order valence-corrected chi connectivity index (χ1v) is 5.64. The van der Waals surface area contributed by atoms with E-state index in [0.29, 0.717) is 0 Å². The lowest BCUT2D eigenvalue weighted by atomic mass is 10.5. The molecule has 1 N–H and O–H groups in total. The highest BCUT2D eigenvalue weighted by Gasteiger charge is 2.10. The molecule has 2 aromatic heterocycles. The van der Waals surface area contributed by atoms with Gasteiger partial charge >= 0.3 is 0 Å². The summed E-state index contributed by atoms with van der Waals surface area (Å²) in [7, 11) is 8.47. The van der Waals surface area contributed by atoms with E-state index >= 15 is 0 Å². The molecule has 0 radical (unpaired) electrons. The predicted molar refractivity (Wildman–Crippen MR) is 67.7 cm³/mol. The van der Waals surface area contributed by atoms with Crippen molar-refractivity contribution in [2.45, 2.75) is 0 Å². The number of rotatable bonds is 4. The van der Waals surface area contributed by atoms with Crippen molar-refractivity contribution in [1.29, 1.82) is 0 Å². The number of aryl methyl sites for hydroxylation is 1. The number of imidazole rings is 1. The number of hydrogen-bond acceptors (Lipinski definition) is 4. The van der Waals surface area contributed by atoms with Crippen LogP contribution in [0.4, 0.5) is 5.95 Å². The summed E-state index contributed by atoms with van der Waals surface area (Å²) in [5, 5.41) is 3.33. The van der Waals surface area contributed by atoms with Gasteiger partial charge in [-0.3, -0.25) is 0 Å². The Morgan fingerprint density at radius 2 is 2.06 bits per heavy atom. The van der Waals surface area contributed by atoms with E-state index in [9.17, 15) is 0 Å². The summed E-state index contributed by atoms with van der Waals surface area (Å²) >= 11 is 0. The smallest absolute Gasteiger partial charge is 0.205 e. The van der Waals surface area contributed by atoms with Gasteiger partial charge in [-0.25, -0.2) is 9.97 Å². The monoisotopic (exact) mass is 362 g/mol. The molecule has 0 aliphatic heterocycles. The first kappa shape index (κ1) is 15.1. The second kappa shape index (κ2) is 5.79. The van der Waals surface area contributed by atoms with Gasteiger partial charge < -0.3 is 38.3 Å². The molecule has 18 heavy (non-hydrogen) atoms. The summed E-state index contributed by atoms with van der Waals surface area (Å²) in [6.45, 7) is 1.92. The number of quaternary nitrogens is 1. The van der Waals surface area contributed by atoms with Gasteiger partial charge in [-0.15, -0.1) is 0 Å². The molecule has 0 aliphatic carbocycles. The van der Waals surface area contributed by atoms with E-state index in [2.05, 4.69) is 41.4 Å². The molecule has 0 aliphatic rings. The summed E-state index contributed by atoms with van der Waals surface area (Å²) in [4.78, 5) is 12.6. The molecular weight excluding hydrogens is 343 g/mol. The maximum atomic E-state index is 4.43. The van der Waals surface area contributed by atoms with Gasteiger partial charge in [0.25, 0.3) is 0 Å². The van der Waals surface area contributed by atoms with E-state index in [4.69, 9.17) is 0 Å². The summed E-state index contributed by atoms with van der Waals surface area (Å²) < 4.78 is 2.90. The van der Waals surface area contributed by atoms with Gasteiger partial charge in [0.05, 0.1) is 40.4 Å². The van der Waals surface area contributed by atoms with Gasteiger partial charge in [0.1, 0.15) is 11.8 Å². The maximum absolute atomic E-state index is 4.43. The Labute approximate surface area is 124 Å². The third-order valence-electron chi connectivity index (χ3n) is 2.63. The summed E-state index contributed by atoms with van der Waals surface area (Å²) in [5.74, 6) is 0.842. The maximum Gasteiger partial charge on any atom is 0.205 e. The van der Waals surface area contributed by atoms with Crippen LogP contribution in [0.15, 0.2) is 12.5 Å². The molecule has 2 aromatic rings. The minimum Gasteiger partial charge on any atom is -1.00 e. The van der Waals surface area contributed by atoms with Crippen LogP contribution < -0.4 is 29.3 Å². The van der Waals surface area contributed by atoms with Crippen LogP contribution in [0.2, 0.25) is 0 Å². The Hall–Kier alpha value is -0.960. The fourth-order valence-electron chi connectivity index (χ4n) is 1.59. The number of hydrogen-bond donors (Lipinski definition) is 1. The average molecular weight is 362 g/mol. The number of halogens is 1. The second-order valence-electron chi connectivity index (χ2n) is 5.17. The molecular formula is C11H19IN6. The molecule has 0 amide bonds. The van der Waals surface area contributed by atoms with E-state index in [1.807, 2.05) is 11.6 Å². The van der Waals surface area contributed by atoms with E-state index in [-0.39, 0.29) is 24.0 Å². The van der Waals surface area contributed by atoms with E-state index in [1.54, 1.807) is 6.20 Å². The molecule has 100 valence electrons. The van der Waals surface area contributed by atoms with Crippen LogP contribution in [-0.2, 0) is 7.05 Å². The van der Waals surface area contributed by atoms with Gasteiger partial charge in [0.2, 0.25) is 5.95 Å². The third kappa shape index (κ3) is 3.52. The molecule has 0 fully saturated rings. The standard InChI is InChI=1S/C11H19N6.HI/c1-16-9-7-12-8-14-10(9)15-11(16)13-5-6-17(2,3)4;/h7-8H,5-6H2,1-4H3,(H,12,13,14,15);1H/q+1;/p-1. The topological polar surface area (TPSA) is 55.6 Å². The van der Waals surface area contributed by atoms with Crippen molar-refractivity contribution in [3.05, 3.63) is 12.5 Å². The molecule has 0 saturated heterocycles. The number of nitrogens with one attached hydrogen (secondary N) is 1. The highest BCUT2D eigenvalue weighted by Crippen LogP contribution is 2.14. The van der Waals surface area contributed by atoms with E-state index in [0.717, 1.165) is 34.7 Å². The Kier molecular flexibility index (Phi) is 4.85. The Morgan fingerprint density at radius 3 is 2.67 bits per heavy atom. The van der Waals surface area contributed by atoms with Crippen molar-refractivity contribution >= 4 is 17.1 Å².